The smallest absolute Gasteiger partial charge is 0.390 e. The van der Waals surface area contributed by atoms with Crippen LogP contribution < -0.4 is 5.32 Å². The van der Waals surface area contributed by atoms with Crippen LogP contribution in [0.4, 0.5) is 5.82 Å². The van der Waals surface area contributed by atoms with Gasteiger partial charge in [-0.2, -0.15) is 4.68 Å². The number of hydrogen-bond donors (Lipinski definition) is 1. The summed E-state index contributed by atoms with van der Waals surface area (Å²) in [5.74, 6) is -1.34. The first-order valence-corrected chi connectivity index (χ1v) is 5.95. The lowest BCUT2D eigenvalue weighted by molar-refractivity contribution is -0.389. The number of esters is 1. The maximum Gasteiger partial charge on any atom is 0.390 e. The highest BCUT2D eigenvalue weighted by molar-refractivity contribution is 5.84. The summed E-state index contributed by atoms with van der Waals surface area (Å²) in [6, 6.07) is 0.573. The Bertz CT molecular complexity index is 525. The van der Waals surface area contributed by atoms with E-state index in [1.165, 1.54) is 17.9 Å². The number of nitrogens with zero attached hydrogens (tertiary/aromatic N) is 3. The van der Waals surface area contributed by atoms with E-state index in [2.05, 4.69) is 15.2 Å². The van der Waals surface area contributed by atoms with Crippen LogP contribution in [-0.4, -0.2) is 40.2 Å². The van der Waals surface area contributed by atoms with Crippen molar-refractivity contribution >= 4 is 17.7 Å². The number of aromatic nitrogens is 2. The van der Waals surface area contributed by atoms with Crippen molar-refractivity contribution in [1.29, 1.82) is 0 Å². The minimum absolute atomic E-state index is 0.256. The summed E-state index contributed by atoms with van der Waals surface area (Å²) < 4.78 is 5.70. The number of amides is 1. The highest BCUT2D eigenvalue weighted by atomic mass is 16.6. The van der Waals surface area contributed by atoms with Gasteiger partial charge >= 0.3 is 11.8 Å². The van der Waals surface area contributed by atoms with E-state index in [-0.39, 0.29) is 12.4 Å². The van der Waals surface area contributed by atoms with Gasteiger partial charge in [-0.05, 0) is 18.3 Å². The molecule has 0 spiro atoms. The van der Waals surface area contributed by atoms with Gasteiger partial charge in [0.2, 0.25) is 5.91 Å². The topological polar surface area (TPSA) is 116 Å². The average molecular weight is 284 g/mol. The molecule has 1 rings (SSSR count). The number of carbonyl (C=O) groups is 2. The molecule has 110 valence electrons. The van der Waals surface area contributed by atoms with E-state index in [9.17, 15) is 19.7 Å². The SMILES string of the molecule is CCC(C(=O)NCC(=O)OC)n1nc([N+](=O)[O-])cc1C. The second kappa shape index (κ2) is 6.64. The van der Waals surface area contributed by atoms with Gasteiger partial charge in [-0.3, -0.25) is 9.59 Å². The third kappa shape index (κ3) is 3.53. The molecule has 0 saturated heterocycles. The van der Waals surface area contributed by atoms with E-state index in [0.29, 0.717) is 12.1 Å². The predicted molar refractivity (Wildman–Crippen MR) is 68.0 cm³/mol. The van der Waals surface area contributed by atoms with Crippen LogP contribution in [0.5, 0.6) is 0 Å². The van der Waals surface area contributed by atoms with Crippen molar-refractivity contribution in [2.75, 3.05) is 13.7 Å². The maximum absolute atomic E-state index is 12.0. The van der Waals surface area contributed by atoms with Crippen LogP contribution in [0.25, 0.3) is 0 Å². The van der Waals surface area contributed by atoms with E-state index in [1.807, 2.05) is 0 Å². The lowest BCUT2D eigenvalue weighted by Crippen LogP contribution is -2.36. The zero-order valence-electron chi connectivity index (χ0n) is 11.5. The van der Waals surface area contributed by atoms with Crippen LogP contribution in [0.2, 0.25) is 0 Å². The summed E-state index contributed by atoms with van der Waals surface area (Å²) in [7, 11) is 1.22. The zero-order valence-corrected chi connectivity index (χ0v) is 11.5. The molecule has 1 aromatic heterocycles. The molecule has 1 heterocycles. The molecule has 0 aliphatic carbocycles. The summed E-state index contributed by atoms with van der Waals surface area (Å²) in [6.07, 6.45) is 0.382. The Balaban J connectivity index is 2.87. The summed E-state index contributed by atoms with van der Waals surface area (Å²) in [5, 5.41) is 16.9. The average Bonchev–Trinajstić information content (AvgIpc) is 2.79. The summed E-state index contributed by atoms with van der Waals surface area (Å²) in [6.45, 7) is 3.11. The van der Waals surface area contributed by atoms with E-state index in [1.54, 1.807) is 13.8 Å². The molecule has 0 aromatic carbocycles. The molecule has 9 heteroatoms. The van der Waals surface area contributed by atoms with Crippen LogP contribution in [-0.2, 0) is 14.3 Å². The van der Waals surface area contributed by atoms with E-state index in [4.69, 9.17) is 0 Å². The largest absolute Gasteiger partial charge is 0.468 e. The predicted octanol–water partition coefficient (Wildman–Crippen LogP) is 0.340. The molecule has 1 amide bonds. The van der Waals surface area contributed by atoms with Crippen LogP contribution >= 0.6 is 0 Å². The Morgan fingerprint density at radius 1 is 1.60 bits per heavy atom. The third-order valence-corrected chi connectivity index (χ3v) is 2.72. The van der Waals surface area contributed by atoms with Crippen molar-refractivity contribution < 1.29 is 19.2 Å². The normalized spacial score (nSPS) is 11.8. The number of hydrogen-bond acceptors (Lipinski definition) is 6. The lowest BCUT2D eigenvalue weighted by atomic mass is 10.2. The van der Waals surface area contributed by atoms with Crippen LogP contribution in [0, 0.1) is 17.0 Å². The summed E-state index contributed by atoms with van der Waals surface area (Å²) in [5.41, 5.74) is 0.497. The van der Waals surface area contributed by atoms with Crippen molar-refractivity contribution in [3.63, 3.8) is 0 Å². The Morgan fingerprint density at radius 2 is 2.25 bits per heavy atom. The van der Waals surface area contributed by atoms with E-state index in [0.717, 1.165) is 0 Å². The first-order valence-electron chi connectivity index (χ1n) is 5.95. The lowest BCUT2D eigenvalue weighted by Gasteiger charge is -2.13. The molecular weight excluding hydrogens is 268 g/mol. The molecule has 1 N–H and O–H groups in total. The highest BCUT2D eigenvalue weighted by Crippen LogP contribution is 2.18. The van der Waals surface area contributed by atoms with Gasteiger partial charge < -0.3 is 20.2 Å². The fourth-order valence-electron chi connectivity index (χ4n) is 1.69. The monoisotopic (exact) mass is 284 g/mol. The Kier molecular flexibility index (Phi) is 5.18. The number of nitrogens with one attached hydrogen (secondary N) is 1. The summed E-state index contributed by atoms with van der Waals surface area (Å²) >= 11 is 0. The minimum Gasteiger partial charge on any atom is -0.468 e. The van der Waals surface area contributed by atoms with Crippen molar-refractivity contribution in [3.8, 4) is 0 Å². The fourth-order valence-corrected chi connectivity index (χ4v) is 1.69. The van der Waals surface area contributed by atoms with Gasteiger partial charge in [0.1, 0.15) is 6.54 Å². The van der Waals surface area contributed by atoms with Crippen molar-refractivity contribution in [1.82, 2.24) is 15.1 Å². The molecule has 0 aliphatic rings. The van der Waals surface area contributed by atoms with Crippen LogP contribution in [0.1, 0.15) is 25.1 Å². The number of aryl methyl sites for hydroxylation is 1. The molecule has 0 aliphatic heterocycles. The van der Waals surface area contributed by atoms with Gasteiger partial charge in [-0.15, -0.1) is 0 Å². The quantitative estimate of drug-likeness (QED) is 0.457. The van der Waals surface area contributed by atoms with Crippen molar-refractivity contribution in [2.45, 2.75) is 26.3 Å². The molecular formula is C11H16N4O5. The molecule has 0 radical (unpaired) electrons. The van der Waals surface area contributed by atoms with Gasteiger partial charge in [0, 0.05) is 0 Å². The molecule has 1 unspecified atom stereocenters. The molecule has 9 nitrogen and oxygen atoms in total. The molecule has 1 aromatic rings. The number of ether oxygens (including phenoxy) is 1. The van der Waals surface area contributed by atoms with Crippen molar-refractivity contribution in [2.24, 2.45) is 0 Å². The number of nitro groups is 1. The first kappa shape index (κ1) is 15.6. The van der Waals surface area contributed by atoms with Crippen LogP contribution in [0.15, 0.2) is 6.07 Å². The minimum atomic E-state index is -0.714. The molecule has 20 heavy (non-hydrogen) atoms. The number of methoxy groups -OCH3 is 1. The zero-order chi connectivity index (χ0) is 15.3. The van der Waals surface area contributed by atoms with Crippen molar-refractivity contribution in [3.05, 3.63) is 21.9 Å². The Labute approximate surface area is 115 Å². The van der Waals surface area contributed by atoms with Gasteiger partial charge in [-0.25, -0.2) is 0 Å². The molecule has 0 fully saturated rings. The van der Waals surface area contributed by atoms with Crippen LogP contribution in [0.3, 0.4) is 0 Å². The summed E-state index contributed by atoms with van der Waals surface area (Å²) in [4.78, 5) is 33.0. The van der Waals surface area contributed by atoms with E-state index >= 15 is 0 Å². The second-order valence-electron chi connectivity index (χ2n) is 4.06. The van der Waals surface area contributed by atoms with E-state index < -0.39 is 22.8 Å². The Hall–Kier alpha value is -2.45. The first-order chi connectivity index (χ1) is 9.40. The molecule has 0 saturated carbocycles. The van der Waals surface area contributed by atoms with Gasteiger partial charge in [-0.1, -0.05) is 6.92 Å². The van der Waals surface area contributed by atoms with Gasteiger partial charge in [0.25, 0.3) is 0 Å². The van der Waals surface area contributed by atoms with Gasteiger partial charge in [0.05, 0.1) is 24.0 Å². The molecule has 1 atom stereocenters. The maximum atomic E-state index is 12.0. The number of rotatable bonds is 6. The van der Waals surface area contributed by atoms with Gasteiger partial charge in [0.15, 0.2) is 6.04 Å². The molecule has 0 bridgehead atoms. The number of carbonyl (C=O) groups excluding carboxylic acids is 2. The Morgan fingerprint density at radius 3 is 2.70 bits per heavy atom. The standard InChI is InChI=1S/C11H16N4O5/c1-4-8(11(17)12-6-10(16)20-3)14-7(2)5-9(13-14)15(18)19/h5,8H,4,6H2,1-3H3,(H,12,17). The second-order valence-corrected chi connectivity index (χ2v) is 4.06. The highest BCUT2D eigenvalue weighted by Gasteiger charge is 2.27. The fraction of sp³-hybridized carbons (Fsp3) is 0.545. The third-order valence-electron chi connectivity index (χ3n) is 2.72.